The zero-order valence-electron chi connectivity index (χ0n) is 14.6. The van der Waals surface area contributed by atoms with Crippen LogP contribution in [0.2, 0.25) is 0 Å². The van der Waals surface area contributed by atoms with Crippen LogP contribution in [0, 0.1) is 5.82 Å². The molecule has 1 unspecified atom stereocenters. The van der Waals surface area contributed by atoms with Crippen molar-refractivity contribution in [1.29, 1.82) is 0 Å². The highest BCUT2D eigenvalue weighted by atomic mass is 19.1. The third-order valence-corrected chi connectivity index (χ3v) is 4.07. The molecule has 6 nitrogen and oxygen atoms in total. The molecule has 1 atom stereocenters. The van der Waals surface area contributed by atoms with Crippen molar-refractivity contribution in [3.05, 3.63) is 78.1 Å². The third-order valence-electron chi connectivity index (χ3n) is 4.07. The van der Waals surface area contributed by atoms with E-state index >= 15 is 0 Å². The van der Waals surface area contributed by atoms with E-state index in [1.54, 1.807) is 30.2 Å². The number of amides is 2. The number of rotatable bonds is 5. The maximum atomic E-state index is 13.3. The number of nitrogens with one attached hydrogen (secondary N) is 1. The second-order valence-corrected chi connectivity index (χ2v) is 6.09. The Morgan fingerprint density at radius 1 is 1.27 bits per heavy atom. The van der Waals surface area contributed by atoms with Crippen LogP contribution in [-0.2, 0) is 6.54 Å². The summed E-state index contributed by atoms with van der Waals surface area (Å²) in [6, 6.07) is 13.6. The summed E-state index contributed by atoms with van der Waals surface area (Å²) < 4.78 is 14.9. The Bertz CT molecular complexity index is 864. The summed E-state index contributed by atoms with van der Waals surface area (Å²) in [4.78, 5) is 17.8. The van der Waals surface area contributed by atoms with E-state index in [2.05, 4.69) is 15.4 Å². The lowest BCUT2D eigenvalue weighted by molar-refractivity contribution is 0.203. The number of urea groups is 1. The molecule has 2 amide bonds. The predicted octanol–water partition coefficient (Wildman–Crippen LogP) is 3.31. The normalized spacial score (nSPS) is 11.8. The van der Waals surface area contributed by atoms with Gasteiger partial charge in [0.25, 0.3) is 0 Å². The molecule has 0 saturated heterocycles. The quantitative estimate of drug-likeness (QED) is 0.765. The first-order valence-electron chi connectivity index (χ1n) is 8.24. The minimum absolute atomic E-state index is 0.165. The molecule has 7 heteroatoms. The molecule has 1 aromatic heterocycles. The summed E-state index contributed by atoms with van der Waals surface area (Å²) in [6.07, 6.45) is 3.10. The van der Waals surface area contributed by atoms with E-state index in [1.165, 1.54) is 23.4 Å². The molecule has 0 saturated carbocycles. The standard InChI is InChI=1S/C19H20FN5O/c1-14(16-6-8-18(9-7-16)25-13-21-12-22-25)23-19(26)24(2)11-15-4-3-5-17(20)10-15/h3-10,12-14H,11H2,1-2H3,(H,23,26). The van der Waals surface area contributed by atoms with Gasteiger partial charge in [-0.15, -0.1) is 0 Å². The fourth-order valence-corrected chi connectivity index (χ4v) is 2.62. The van der Waals surface area contributed by atoms with E-state index in [9.17, 15) is 9.18 Å². The molecule has 2 aromatic carbocycles. The Morgan fingerprint density at radius 2 is 2.04 bits per heavy atom. The molecule has 134 valence electrons. The van der Waals surface area contributed by atoms with Crippen molar-refractivity contribution in [3.8, 4) is 5.69 Å². The molecule has 0 bridgehead atoms. The van der Waals surface area contributed by atoms with Crippen molar-refractivity contribution in [2.75, 3.05) is 7.05 Å². The smallest absolute Gasteiger partial charge is 0.317 e. The second-order valence-electron chi connectivity index (χ2n) is 6.09. The molecule has 26 heavy (non-hydrogen) atoms. The van der Waals surface area contributed by atoms with Crippen LogP contribution in [0.1, 0.15) is 24.1 Å². The summed E-state index contributed by atoms with van der Waals surface area (Å²) in [7, 11) is 1.68. The lowest BCUT2D eigenvalue weighted by Gasteiger charge is -2.22. The average molecular weight is 353 g/mol. The van der Waals surface area contributed by atoms with Gasteiger partial charge in [-0.1, -0.05) is 24.3 Å². The van der Waals surface area contributed by atoms with Crippen molar-refractivity contribution in [2.45, 2.75) is 19.5 Å². The van der Waals surface area contributed by atoms with Gasteiger partial charge in [0.1, 0.15) is 18.5 Å². The van der Waals surface area contributed by atoms with Crippen LogP contribution in [0.25, 0.3) is 5.69 Å². The van der Waals surface area contributed by atoms with Crippen molar-refractivity contribution >= 4 is 6.03 Å². The first-order valence-corrected chi connectivity index (χ1v) is 8.24. The van der Waals surface area contributed by atoms with Gasteiger partial charge in [-0.2, -0.15) is 5.10 Å². The van der Waals surface area contributed by atoms with E-state index in [4.69, 9.17) is 0 Å². The van der Waals surface area contributed by atoms with Gasteiger partial charge in [0, 0.05) is 13.6 Å². The minimum Gasteiger partial charge on any atom is -0.331 e. The van der Waals surface area contributed by atoms with Crippen molar-refractivity contribution in [2.24, 2.45) is 0 Å². The minimum atomic E-state index is -0.308. The molecular weight excluding hydrogens is 333 g/mol. The van der Waals surface area contributed by atoms with Crippen LogP contribution in [0.15, 0.2) is 61.2 Å². The summed E-state index contributed by atoms with van der Waals surface area (Å²) >= 11 is 0. The van der Waals surface area contributed by atoms with Crippen molar-refractivity contribution in [3.63, 3.8) is 0 Å². The molecule has 1 N–H and O–H groups in total. The van der Waals surface area contributed by atoms with Crippen LogP contribution in [-0.4, -0.2) is 32.7 Å². The zero-order chi connectivity index (χ0) is 18.5. The summed E-state index contributed by atoms with van der Waals surface area (Å²) in [5, 5.41) is 7.02. The van der Waals surface area contributed by atoms with Gasteiger partial charge in [0.15, 0.2) is 0 Å². The summed E-state index contributed by atoms with van der Waals surface area (Å²) in [5.41, 5.74) is 2.61. The van der Waals surface area contributed by atoms with Gasteiger partial charge < -0.3 is 10.2 Å². The van der Waals surface area contributed by atoms with E-state index < -0.39 is 0 Å². The Labute approximate surface area is 151 Å². The number of carbonyl (C=O) groups excluding carboxylic acids is 1. The number of hydrogen-bond acceptors (Lipinski definition) is 3. The van der Waals surface area contributed by atoms with E-state index in [1.807, 2.05) is 31.2 Å². The second kappa shape index (κ2) is 7.77. The number of nitrogens with zero attached hydrogens (tertiary/aromatic N) is 4. The van der Waals surface area contributed by atoms with Gasteiger partial charge in [-0.3, -0.25) is 0 Å². The maximum absolute atomic E-state index is 13.3. The molecule has 0 aliphatic carbocycles. The predicted molar refractivity (Wildman–Crippen MR) is 96.2 cm³/mol. The van der Waals surface area contributed by atoms with Crippen LogP contribution in [0.5, 0.6) is 0 Å². The lowest BCUT2D eigenvalue weighted by atomic mass is 10.1. The molecule has 3 aromatic rings. The lowest BCUT2D eigenvalue weighted by Crippen LogP contribution is -2.38. The van der Waals surface area contributed by atoms with Crippen LogP contribution in [0.4, 0.5) is 9.18 Å². The zero-order valence-corrected chi connectivity index (χ0v) is 14.6. The fourth-order valence-electron chi connectivity index (χ4n) is 2.62. The molecule has 0 fully saturated rings. The van der Waals surface area contributed by atoms with E-state index in [0.29, 0.717) is 6.54 Å². The monoisotopic (exact) mass is 353 g/mol. The molecule has 3 rings (SSSR count). The first-order chi connectivity index (χ1) is 12.5. The first kappa shape index (κ1) is 17.6. The number of hydrogen-bond donors (Lipinski definition) is 1. The molecule has 1 heterocycles. The van der Waals surface area contributed by atoms with Crippen molar-refractivity contribution in [1.82, 2.24) is 25.0 Å². The maximum Gasteiger partial charge on any atom is 0.317 e. The largest absolute Gasteiger partial charge is 0.331 e. The number of carbonyl (C=O) groups is 1. The number of benzene rings is 2. The topological polar surface area (TPSA) is 63.1 Å². The molecule has 0 aliphatic rings. The molecular formula is C19H20FN5O. The van der Waals surface area contributed by atoms with Crippen LogP contribution in [0.3, 0.4) is 0 Å². The van der Waals surface area contributed by atoms with Gasteiger partial charge in [-0.25, -0.2) is 18.9 Å². The Morgan fingerprint density at radius 3 is 2.69 bits per heavy atom. The highest BCUT2D eigenvalue weighted by Crippen LogP contribution is 2.16. The number of aromatic nitrogens is 3. The molecule has 0 spiro atoms. The van der Waals surface area contributed by atoms with Gasteiger partial charge in [-0.05, 0) is 42.3 Å². The van der Waals surface area contributed by atoms with E-state index in [-0.39, 0.29) is 17.9 Å². The molecule has 0 aliphatic heterocycles. The number of halogens is 1. The van der Waals surface area contributed by atoms with Crippen LogP contribution < -0.4 is 5.32 Å². The highest BCUT2D eigenvalue weighted by Gasteiger charge is 2.14. The SMILES string of the molecule is CC(NC(=O)N(C)Cc1cccc(F)c1)c1ccc(-n2cncn2)cc1. The molecule has 0 radical (unpaired) electrons. The third kappa shape index (κ3) is 4.24. The average Bonchev–Trinajstić information content (AvgIpc) is 3.16. The van der Waals surface area contributed by atoms with Gasteiger partial charge >= 0.3 is 6.03 Å². The fraction of sp³-hybridized carbons (Fsp3) is 0.211. The van der Waals surface area contributed by atoms with E-state index in [0.717, 1.165) is 16.8 Å². The van der Waals surface area contributed by atoms with Gasteiger partial charge in [0.2, 0.25) is 0 Å². The van der Waals surface area contributed by atoms with Gasteiger partial charge in [0.05, 0.1) is 11.7 Å². The van der Waals surface area contributed by atoms with Crippen molar-refractivity contribution < 1.29 is 9.18 Å². The van der Waals surface area contributed by atoms with Crippen LogP contribution >= 0.6 is 0 Å². The highest BCUT2D eigenvalue weighted by molar-refractivity contribution is 5.74. The summed E-state index contributed by atoms with van der Waals surface area (Å²) in [5.74, 6) is -0.308. The Hall–Kier alpha value is -3.22. The summed E-state index contributed by atoms with van der Waals surface area (Å²) in [6.45, 7) is 2.25. The Balaban J connectivity index is 1.59. The Kier molecular flexibility index (Phi) is 5.26.